The predicted molar refractivity (Wildman–Crippen MR) is 97.0 cm³/mol. The van der Waals surface area contributed by atoms with Gasteiger partial charge in [0, 0.05) is 6.08 Å². The van der Waals surface area contributed by atoms with E-state index in [-0.39, 0.29) is 5.92 Å². The van der Waals surface area contributed by atoms with Crippen LogP contribution >= 0.6 is 0 Å². The van der Waals surface area contributed by atoms with Gasteiger partial charge in [-0.2, -0.15) is 5.26 Å². The highest BCUT2D eigenvalue weighted by Crippen LogP contribution is 2.39. The zero-order valence-corrected chi connectivity index (χ0v) is 14.7. The zero-order valence-electron chi connectivity index (χ0n) is 14.7. The minimum absolute atomic E-state index is 0.172. The summed E-state index contributed by atoms with van der Waals surface area (Å²) in [6.07, 6.45) is 6.33. The first-order valence-electron chi connectivity index (χ1n) is 8.37. The summed E-state index contributed by atoms with van der Waals surface area (Å²) < 4.78 is 10.3. The summed E-state index contributed by atoms with van der Waals surface area (Å²) in [5.41, 5.74) is -0.0995. The number of nitrogens with one attached hydrogen (secondary N) is 1. The molecule has 1 aliphatic rings. The fraction of sp³-hybridized carbons (Fsp3) is 0.350. The highest BCUT2D eigenvalue weighted by Gasteiger charge is 2.43. The molecule has 6 heteroatoms. The summed E-state index contributed by atoms with van der Waals surface area (Å²) in [6, 6.07) is 9.27. The largest absolute Gasteiger partial charge is 0.490 e. The van der Waals surface area contributed by atoms with Crippen molar-refractivity contribution in [3.8, 4) is 11.8 Å². The van der Waals surface area contributed by atoms with E-state index in [0.29, 0.717) is 12.4 Å². The summed E-state index contributed by atoms with van der Waals surface area (Å²) in [6.45, 7) is 5.27. The van der Waals surface area contributed by atoms with Crippen LogP contribution in [0.25, 0.3) is 6.08 Å². The summed E-state index contributed by atoms with van der Waals surface area (Å²) in [4.78, 5) is 23.6. The van der Waals surface area contributed by atoms with Crippen molar-refractivity contribution in [1.82, 2.24) is 5.32 Å². The number of rotatable bonds is 9. The molecule has 0 aliphatic heterocycles. The van der Waals surface area contributed by atoms with Crippen LogP contribution in [0.4, 0.5) is 0 Å². The molecule has 26 heavy (non-hydrogen) atoms. The lowest BCUT2D eigenvalue weighted by Gasteiger charge is -2.22. The molecule has 1 fully saturated rings. The number of esters is 1. The van der Waals surface area contributed by atoms with Crippen molar-refractivity contribution < 1.29 is 19.1 Å². The van der Waals surface area contributed by atoms with Gasteiger partial charge in [0.25, 0.3) is 5.91 Å². The maximum Gasteiger partial charge on any atom is 0.331 e. The van der Waals surface area contributed by atoms with Crippen LogP contribution in [0, 0.1) is 17.2 Å². The Morgan fingerprint density at radius 2 is 2.08 bits per heavy atom. The van der Waals surface area contributed by atoms with Gasteiger partial charge in [0.15, 0.2) is 6.61 Å². The van der Waals surface area contributed by atoms with Gasteiger partial charge < -0.3 is 14.8 Å². The zero-order chi connectivity index (χ0) is 19.0. The third-order valence-corrected chi connectivity index (χ3v) is 4.03. The van der Waals surface area contributed by atoms with Crippen LogP contribution in [0.3, 0.4) is 0 Å². The van der Waals surface area contributed by atoms with Crippen LogP contribution < -0.4 is 10.1 Å². The molecule has 1 atom stereocenters. The predicted octanol–water partition coefficient (Wildman–Crippen LogP) is 2.62. The second-order valence-electron chi connectivity index (χ2n) is 6.25. The molecule has 1 N–H and O–H groups in total. The second kappa shape index (κ2) is 8.86. The van der Waals surface area contributed by atoms with Crippen molar-refractivity contribution in [1.29, 1.82) is 5.26 Å². The van der Waals surface area contributed by atoms with Crippen molar-refractivity contribution in [2.45, 2.75) is 25.3 Å². The Kier molecular flexibility index (Phi) is 6.56. The molecule has 0 spiro atoms. The van der Waals surface area contributed by atoms with E-state index in [0.717, 1.165) is 18.4 Å². The van der Waals surface area contributed by atoms with E-state index < -0.39 is 24.0 Å². The van der Waals surface area contributed by atoms with E-state index in [2.05, 4.69) is 18.0 Å². The van der Waals surface area contributed by atoms with E-state index in [1.807, 2.05) is 0 Å². The minimum Gasteiger partial charge on any atom is -0.490 e. The Bertz CT molecular complexity index is 729. The number of hydrogen-bond acceptors (Lipinski definition) is 5. The molecule has 6 nitrogen and oxygen atoms in total. The maximum absolute atomic E-state index is 11.9. The van der Waals surface area contributed by atoms with Crippen LogP contribution in [-0.2, 0) is 14.3 Å². The van der Waals surface area contributed by atoms with E-state index in [1.54, 1.807) is 43.3 Å². The first kappa shape index (κ1) is 19.3. The Labute approximate surface area is 153 Å². The summed E-state index contributed by atoms with van der Waals surface area (Å²) >= 11 is 0. The number of nitrogens with zero attached hydrogens (tertiary/aromatic N) is 1. The van der Waals surface area contributed by atoms with Crippen molar-refractivity contribution in [2.75, 3.05) is 13.2 Å². The molecule has 0 unspecified atom stereocenters. The third kappa shape index (κ3) is 5.78. The minimum atomic E-state index is -0.894. The molecule has 1 aromatic rings. The van der Waals surface area contributed by atoms with Crippen molar-refractivity contribution in [3.05, 3.63) is 48.6 Å². The van der Waals surface area contributed by atoms with Gasteiger partial charge in [-0.1, -0.05) is 24.8 Å². The summed E-state index contributed by atoms with van der Waals surface area (Å²) in [5.74, 6) is -0.230. The van der Waals surface area contributed by atoms with E-state index >= 15 is 0 Å². The lowest BCUT2D eigenvalue weighted by molar-refractivity contribution is -0.144. The van der Waals surface area contributed by atoms with Crippen LogP contribution in [0.5, 0.6) is 5.75 Å². The lowest BCUT2D eigenvalue weighted by atomic mass is 9.98. The average molecular weight is 354 g/mol. The fourth-order valence-electron chi connectivity index (χ4n) is 2.39. The molecule has 2 rings (SSSR count). The highest BCUT2D eigenvalue weighted by atomic mass is 16.5. The molecule has 1 saturated carbocycles. The Hall–Kier alpha value is -3.07. The quantitative estimate of drug-likeness (QED) is 0.418. The molecule has 136 valence electrons. The smallest absolute Gasteiger partial charge is 0.331 e. The fourth-order valence-corrected chi connectivity index (χ4v) is 2.39. The van der Waals surface area contributed by atoms with Gasteiger partial charge in [-0.3, -0.25) is 4.79 Å². The van der Waals surface area contributed by atoms with Crippen molar-refractivity contribution in [3.63, 3.8) is 0 Å². The number of hydrogen-bond donors (Lipinski definition) is 1. The van der Waals surface area contributed by atoms with Crippen LogP contribution in [-0.4, -0.2) is 30.6 Å². The molecule has 0 radical (unpaired) electrons. The van der Waals surface area contributed by atoms with E-state index in [4.69, 9.17) is 9.47 Å². The Morgan fingerprint density at radius 3 is 2.65 bits per heavy atom. The van der Waals surface area contributed by atoms with Gasteiger partial charge >= 0.3 is 5.97 Å². The molecule has 1 aromatic carbocycles. The molecular formula is C20H22N2O4. The number of carbonyl (C=O) groups excluding carboxylic acids is 2. The lowest BCUT2D eigenvalue weighted by Crippen LogP contribution is -2.48. The van der Waals surface area contributed by atoms with Gasteiger partial charge in [0.05, 0.1) is 6.07 Å². The average Bonchev–Trinajstić information content (AvgIpc) is 3.49. The number of ether oxygens (including phenoxy) is 2. The first-order valence-corrected chi connectivity index (χ1v) is 8.37. The third-order valence-electron chi connectivity index (χ3n) is 4.03. The number of benzene rings is 1. The molecular weight excluding hydrogens is 332 g/mol. The monoisotopic (exact) mass is 354 g/mol. The van der Waals surface area contributed by atoms with Gasteiger partial charge in [-0.15, -0.1) is 0 Å². The highest BCUT2D eigenvalue weighted by molar-refractivity contribution is 5.89. The second-order valence-corrected chi connectivity index (χ2v) is 6.25. The summed E-state index contributed by atoms with van der Waals surface area (Å²) in [7, 11) is 0. The van der Waals surface area contributed by atoms with E-state index in [1.165, 1.54) is 6.08 Å². The summed E-state index contributed by atoms with van der Waals surface area (Å²) in [5, 5.41) is 11.8. The molecule has 1 amide bonds. The van der Waals surface area contributed by atoms with Crippen molar-refractivity contribution >= 4 is 18.0 Å². The topological polar surface area (TPSA) is 88.4 Å². The SMILES string of the molecule is C=CCOc1ccc(/C=C/C(=O)OCC(=O)N[C@](C)(C#N)C2CC2)cc1. The Morgan fingerprint density at radius 1 is 1.38 bits per heavy atom. The number of amides is 1. The molecule has 0 heterocycles. The maximum atomic E-state index is 11.9. The molecule has 0 bridgehead atoms. The number of carbonyl (C=O) groups is 2. The van der Waals surface area contributed by atoms with Gasteiger partial charge in [-0.25, -0.2) is 4.79 Å². The van der Waals surface area contributed by atoms with Gasteiger partial charge in [-0.05, 0) is 49.5 Å². The van der Waals surface area contributed by atoms with Crippen molar-refractivity contribution in [2.24, 2.45) is 5.92 Å². The van der Waals surface area contributed by atoms with Crippen LogP contribution in [0.2, 0.25) is 0 Å². The first-order chi connectivity index (χ1) is 12.5. The molecule has 1 aliphatic carbocycles. The molecule has 0 saturated heterocycles. The van der Waals surface area contributed by atoms with Gasteiger partial charge in [0.1, 0.15) is 17.9 Å². The van der Waals surface area contributed by atoms with Crippen LogP contribution in [0.1, 0.15) is 25.3 Å². The number of nitriles is 1. The van der Waals surface area contributed by atoms with E-state index in [9.17, 15) is 14.9 Å². The normalized spacial score (nSPS) is 15.5. The molecule has 0 aromatic heterocycles. The standard InChI is InChI=1S/C20H22N2O4/c1-3-12-25-17-9-4-15(5-10-17)6-11-19(24)26-13-18(23)22-20(2,14-21)16-7-8-16/h3-6,9-11,16H,1,7-8,12-13H2,2H3,(H,22,23)/b11-6+/t20-/m1/s1. The van der Waals surface area contributed by atoms with Gasteiger partial charge in [0.2, 0.25) is 0 Å². The van der Waals surface area contributed by atoms with Crippen LogP contribution in [0.15, 0.2) is 43.0 Å². The Balaban J connectivity index is 1.77.